The maximum atomic E-state index is 12.4. The number of thioether (sulfide) groups is 1. The van der Waals surface area contributed by atoms with E-state index in [-0.39, 0.29) is 17.4 Å². The van der Waals surface area contributed by atoms with Crippen molar-refractivity contribution in [2.75, 3.05) is 16.9 Å². The Morgan fingerprint density at radius 1 is 1.00 bits per heavy atom. The van der Waals surface area contributed by atoms with E-state index in [0.29, 0.717) is 28.7 Å². The lowest BCUT2D eigenvalue weighted by Gasteiger charge is -2.09. The van der Waals surface area contributed by atoms with Gasteiger partial charge in [0.1, 0.15) is 0 Å². The number of Topliss-reactive ketones (excluding diaryl/α,β-unsaturated/α-hetero) is 1. The second-order valence-electron chi connectivity index (χ2n) is 7.02. The Kier molecular flexibility index (Phi) is 5.99. The van der Waals surface area contributed by atoms with Crippen LogP contribution >= 0.6 is 11.8 Å². The van der Waals surface area contributed by atoms with Crippen LogP contribution in [0.2, 0.25) is 0 Å². The molecule has 0 saturated heterocycles. The van der Waals surface area contributed by atoms with E-state index >= 15 is 0 Å². The molecule has 0 radical (unpaired) electrons. The average molecular weight is 432 g/mol. The molecule has 3 aromatic carbocycles. The van der Waals surface area contributed by atoms with Crippen LogP contribution in [0.25, 0.3) is 10.8 Å². The zero-order valence-corrected chi connectivity index (χ0v) is 17.7. The van der Waals surface area contributed by atoms with Gasteiger partial charge in [-0.3, -0.25) is 9.59 Å². The highest BCUT2D eigenvalue weighted by Crippen LogP contribution is 2.22. The molecule has 0 fully saturated rings. The van der Waals surface area contributed by atoms with Gasteiger partial charge in [-0.2, -0.15) is 0 Å². The Morgan fingerprint density at radius 2 is 1.74 bits per heavy atom. The Labute approximate surface area is 183 Å². The topological polar surface area (TPSA) is 103 Å². The Hall–Kier alpha value is -3.65. The number of carbonyl (C=O) groups is 2. The predicted octanol–water partition coefficient (Wildman–Crippen LogP) is 3.67. The summed E-state index contributed by atoms with van der Waals surface area (Å²) in [6.07, 6.45) is 0.531. The molecule has 8 heteroatoms. The highest BCUT2D eigenvalue weighted by molar-refractivity contribution is 7.99. The second kappa shape index (κ2) is 9.01. The minimum absolute atomic E-state index is 0.0931. The number of anilines is 1. The molecule has 0 unspecified atom stereocenters. The van der Waals surface area contributed by atoms with Crippen molar-refractivity contribution in [1.29, 1.82) is 0 Å². The van der Waals surface area contributed by atoms with Crippen LogP contribution in [0.15, 0.2) is 71.9 Å². The van der Waals surface area contributed by atoms with Crippen molar-refractivity contribution in [2.24, 2.45) is 0 Å². The van der Waals surface area contributed by atoms with Crippen molar-refractivity contribution in [2.45, 2.75) is 18.5 Å². The number of nitrogens with one attached hydrogen (secondary N) is 1. The molecule has 4 aromatic rings. The van der Waals surface area contributed by atoms with Crippen LogP contribution in [0.3, 0.4) is 0 Å². The SMILES string of the molecule is CC(=O)c1ccccc1NC(=O)CSc1nnc(Cc2cccc3ccccc23)n1N. The fourth-order valence-electron chi connectivity index (χ4n) is 3.36. The van der Waals surface area contributed by atoms with Crippen LogP contribution in [-0.4, -0.2) is 32.3 Å². The van der Waals surface area contributed by atoms with Crippen molar-refractivity contribution >= 4 is 39.9 Å². The third-order valence-corrected chi connectivity index (χ3v) is 5.82. The standard InChI is InChI=1S/C23H21N5O2S/c1-15(29)18-10-4-5-12-20(18)25-22(30)14-31-23-27-26-21(28(23)24)13-17-9-6-8-16-7-2-3-11-19(16)17/h2-12H,13-14,24H2,1H3,(H,25,30). The summed E-state index contributed by atoms with van der Waals surface area (Å²) in [5.41, 5.74) is 2.07. The Balaban J connectivity index is 1.43. The number of amides is 1. The summed E-state index contributed by atoms with van der Waals surface area (Å²) in [7, 11) is 0. The first kappa shape index (κ1) is 20.6. The van der Waals surface area contributed by atoms with Gasteiger partial charge in [0.15, 0.2) is 11.6 Å². The number of para-hydroxylation sites is 1. The van der Waals surface area contributed by atoms with E-state index in [0.717, 1.165) is 16.3 Å². The third kappa shape index (κ3) is 4.59. The van der Waals surface area contributed by atoms with Crippen LogP contribution in [0.4, 0.5) is 5.69 Å². The number of benzene rings is 3. The van der Waals surface area contributed by atoms with Gasteiger partial charge in [-0.15, -0.1) is 10.2 Å². The van der Waals surface area contributed by atoms with Crippen LogP contribution in [-0.2, 0) is 11.2 Å². The van der Waals surface area contributed by atoms with Crippen LogP contribution in [0.1, 0.15) is 28.7 Å². The lowest BCUT2D eigenvalue weighted by atomic mass is 10.0. The van der Waals surface area contributed by atoms with Crippen LogP contribution < -0.4 is 11.2 Å². The normalized spacial score (nSPS) is 10.9. The summed E-state index contributed by atoms with van der Waals surface area (Å²) in [5, 5.41) is 13.9. The molecule has 4 rings (SSSR count). The number of ketones is 1. The molecular formula is C23H21N5O2S. The Morgan fingerprint density at radius 3 is 2.58 bits per heavy atom. The fraction of sp³-hybridized carbons (Fsp3) is 0.130. The first-order chi connectivity index (χ1) is 15.0. The Bertz CT molecular complexity index is 1260. The van der Waals surface area contributed by atoms with Crippen LogP contribution in [0.5, 0.6) is 0 Å². The van der Waals surface area contributed by atoms with Gasteiger partial charge in [0.05, 0.1) is 11.4 Å². The largest absolute Gasteiger partial charge is 0.336 e. The number of nitrogens with two attached hydrogens (primary N) is 1. The molecule has 7 nitrogen and oxygen atoms in total. The first-order valence-corrected chi connectivity index (χ1v) is 10.7. The molecule has 0 aliphatic rings. The molecule has 1 amide bonds. The summed E-state index contributed by atoms with van der Waals surface area (Å²) in [6, 6.07) is 21.2. The summed E-state index contributed by atoms with van der Waals surface area (Å²) in [5.74, 6) is 6.54. The van der Waals surface area contributed by atoms with Gasteiger partial charge in [0.25, 0.3) is 0 Å². The van der Waals surface area contributed by atoms with Crippen molar-refractivity contribution < 1.29 is 9.59 Å². The summed E-state index contributed by atoms with van der Waals surface area (Å²) in [4.78, 5) is 24.1. The number of rotatable bonds is 7. The van der Waals surface area contributed by atoms with E-state index in [1.807, 2.05) is 24.3 Å². The van der Waals surface area contributed by atoms with Gasteiger partial charge < -0.3 is 11.2 Å². The molecule has 3 N–H and O–H groups in total. The molecule has 0 aliphatic carbocycles. The maximum Gasteiger partial charge on any atom is 0.234 e. The van der Waals surface area contributed by atoms with E-state index in [1.54, 1.807) is 24.3 Å². The zero-order chi connectivity index (χ0) is 21.8. The van der Waals surface area contributed by atoms with Gasteiger partial charge in [0.2, 0.25) is 11.1 Å². The van der Waals surface area contributed by atoms with E-state index in [1.165, 1.54) is 23.4 Å². The van der Waals surface area contributed by atoms with Gasteiger partial charge in [0, 0.05) is 12.0 Å². The fourth-order valence-corrected chi connectivity index (χ4v) is 4.03. The molecule has 0 aliphatic heterocycles. The quantitative estimate of drug-likeness (QED) is 0.263. The monoisotopic (exact) mass is 431 g/mol. The molecule has 31 heavy (non-hydrogen) atoms. The van der Waals surface area contributed by atoms with E-state index in [4.69, 9.17) is 5.84 Å². The molecule has 156 valence electrons. The molecule has 1 heterocycles. The average Bonchev–Trinajstić information content (AvgIpc) is 3.12. The second-order valence-corrected chi connectivity index (χ2v) is 7.96. The highest BCUT2D eigenvalue weighted by Gasteiger charge is 2.15. The van der Waals surface area contributed by atoms with E-state index < -0.39 is 0 Å². The summed E-state index contributed by atoms with van der Waals surface area (Å²) < 4.78 is 1.42. The van der Waals surface area contributed by atoms with E-state index in [2.05, 4.69) is 33.7 Å². The van der Waals surface area contributed by atoms with Crippen molar-refractivity contribution in [3.05, 3.63) is 83.7 Å². The highest BCUT2D eigenvalue weighted by atomic mass is 32.2. The van der Waals surface area contributed by atoms with Crippen LogP contribution in [0, 0.1) is 0 Å². The molecule has 0 bridgehead atoms. The summed E-state index contributed by atoms with van der Waals surface area (Å²) >= 11 is 1.19. The third-order valence-electron chi connectivity index (χ3n) is 4.88. The molecule has 0 saturated carbocycles. The first-order valence-electron chi connectivity index (χ1n) is 9.71. The molecular weight excluding hydrogens is 410 g/mol. The lowest BCUT2D eigenvalue weighted by molar-refractivity contribution is -0.113. The van der Waals surface area contributed by atoms with Gasteiger partial charge >= 0.3 is 0 Å². The predicted molar refractivity (Wildman–Crippen MR) is 123 cm³/mol. The zero-order valence-electron chi connectivity index (χ0n) is 16.9. The van der Waals surface area contributed by atoms with Crippen molar-refractivity contribution in [3.8, 4) is 0 Å². The number of hydrogen-bond acceptors (Lipinski definition) is 6. The van der Waals surface area contributed by atoms with Crippen molar-refractivity contribution in [3.63, 3.8) is 0 Å². The minimum atomic E-state index is -0.252. The number of aromatic nitrogens is 3. The van der Waals surface area contributed by atoms with Crippen molar-refractivity contribution in [1.82, 2.24) is 14.9 Å². The smallest absolute Gasteiger partial charge is 0.234 e. The molecule has 0 spiro atoms. The summed E-state index contributed by atoms with van der Waals surface area (Å²) in [6.45, 7) is 1.47. The van der Waals surface area contributed by atoms with Gasteiger partial charge in [-0.25, -0.2) is 4.68 Å². The number of nitrogens with zero attached hydrogens (tertiary/aromatic N) is 3. The number of nitrogen functional groups attached to an aromatic ring is 1. The number of carbonyl (C=O) groups excluding carboxylic acids is 2. The number of hydrogen-bond donors (Lipinski definition) is 2. The minimum Gasteiger partial charge on any atom is -0.336 e. The number of fused-ring (bicyclic) bond motifs is 1. The molecule has 1 aromatic heterocycles. The maximum absolute atomic E-state index is 12.4. The van der Waals surface area contributed by atoms with Gasteiger partial charge in [-0.1, -0.05) is 66.4 Å². The van der Waals surface area contributed by atoms with Gasteiger partial charge in [-0.05, 0) is 35.4 Å². The van der Waals surface area contributed by atoms with E-state index in [9.17, 15) is 9.59 Å². The lowest BCUT2D eigenvalue weighted by Crippen LogP contribution is -2.18. The molecule has 0 atom stereocenters.